The molecule has 2 heterocycles. The molecule has 0 spiro atoms. The number of carbonyl (C=O) groups excluding carboxylic acids is 2. The monoisotopic (exact) mass is 416 g/mol. The second kappa shape index (κ2) is 7.45. The van der Waals surface area contributed by atoms with Crippen molar-refractivity contribution in [1.82, 2.24) is 0 Å². The molecule has 0 aliphatic carbocycles. The average Bonchev–Trinajstić information content (AvgIpc) is 3.31. The van der Waals surface area contributed by atoms with Crippen molar-refractivity contribution in [3.63, 3.8) is 0 Å². The first-order chi connectivity index (χ1) is 15.1. The lowest BCUT2D eigenvalue weighted by atomic mass is 9.90. The summed E-state index contributed by atoms with van der Waals surface area (Å²) < 4.78 is 5.24. The Kier molecular flexibility index (Phi) is 4.60. The number of carbonyl (C=O) groups is 2. The maximum atomic E-state index is 13.5. The summed E-state index contributed by atoms with van der Waals surface area (Å²) in [6, 6.07) is 22.2. The molecule has 1 N–H and O–H groups in total. The number of rotatable bonds is 4. The van der Waals surface area contributed by atoms with Crippen LogP contribution in [0.3, 0.4) is 0 Å². The maximum absolute atomic E-state index is 13.5. The van der Waals surface area contributed by atoms with Crippen molar-refractivity contribution in [2.24, 2.45) is 5.92 Å². The summed E-state index contributed by atoms with van der Waals surface area (Å²) in [7, 11) is 1.52. The van der Waals surface area contributed by atoms with Crippen LogP contribution in [0.25, 0.3) is 0 Å². The zero-order chi connectivity index (χ0) is 21.5. The quantitative estimate of drug-likeness (QED) is 0.657. The van der Waals surface area contributed by atoms with Crippen molar-refractivity contribution in [1.29, 1.82) is 0 Å². The third-order valence-electron chi connectivity index (χ3n) is 5.69. The van der Waals surface area contributed by atoms with Gasteiger partial charge in [0.15, 0.2) is 6.10 Å². The molecule has 3 aromatic carbocycles. The largest absolute Gasteiger partial charge is 0.508 e. The van der Waals surface area contributed by atoms with Crippen molar-refractivity contribution in [2.45, 2.75) is 12.1 Å². The molecule has 2 aliphatic rings. The van der Waals surface area contributed by atoms with Gasteiger partial charge in [0.1, 0.15) is 17.4 Å². The van der Waals surface area contributed by atoms with Crippen LogP contribution in [0, 0.1) is 5.92 Å². The van der Waals surface area contributed by atoms with E-state index in [4.69, 9.17) is 9.57 Å². The van der Waals surface area contributed by atoms with Gasteiger partial charge in [0.2, 0.25) is 5.91 Å². The first-order valence-electron chi connectivity index (χ1n) is 9.91. The van der Waals surface area contributed by atoms with Gasteiger partial charge in [-0.3, -0.25) is 14.4 Å². The Hall–Kier alpha value is -3.84. The summed E-state index contributed by atoms with van der Waals surface area (Å²) in [5.41, 5.74) is 1.64. The second-order valence-electron chi connectivity index (χ2n) is 7.43. The van der Waals surface area contributed by atoms with Gasteiger partial charge < -0.3 is 9.84 Å². The van der Waals surface area contributed by atoms with E-state index in [0.717, 1.165) is 4.90 Å². The number of hydrogen-bond acceptors (Lipinski definition) is 6. The van der Waals surface area contributed by atoms with E-state index in [9.17, 15) is 14.7 Å². The van der Waals surface area contributed by atoms with Gasteiger partial charge in [0.05, 0.1) is 24.5 Å². The molecule has 2 fully saturated rings. The van der Waals surface area contributed by atoms with Gasteiger partial charge in [0.25, 0.3) is 5.91 Å². The van der Waals surface area contributed by atoms with Crippen LogP contribution < -0.4 is 14.7 Å². The van der Waals surface area contributed by atoms with Gasteiger partial charge in [0, 0.05) is 11.6 Å². The van der Waals surface area contributed by atoms with Crippen molar-refractivity contribution in [3.05, 3.63) is 84.4 Å². The number of para-hydroxylation sites is 2. The highest BCUT2D eigenvalue weighted by molar-refractivity contribution is 6.24. The fraction of sp³-hybridized carbons (Fsp3) is 0.167. The van der Waals surface area contributed by atoms with E-state index < -0.39 is 24.0 Å². The highest BCUT2D eigenvalue weighted by Crippen LogP contribution is 2.49. The zero-order valence-corrected chi connectivity index (χ0v) is 16.7. The molecule has 0 bridgehead atoms. The van der Waals surface area contributed by atoms with E-state index in [1.165, 1.54) is 7.11 Å². The number of benzene rings is 3. The van der Waals surface area contributed by atoms with E-state index in [0.29, 0.717) is 22.7 Å². The highest BCUT2D eigenvalue weighted by Gasteiger charge is 2.60. The molecule has 31 heavy (non-hydrogen) atoms. The summed E-state index contributed by atoms with van der Waals surface area (Å²) in [5, 5.41) is 12.1. The molecule has 3 atom stereocenters. The number of imide groups is 1. The van der Waals surface area contributed by atoms with Crippen molar-refractivity contribution in [3.8, 4) is 11.5 Å². The van der Waals surface area contributed by atoms with Crippen LogP contribution in [0.1, 0.15) is 11.6 Å². The Morgan fingerprint density at radius 2 is 1.58 bits per heavy atom. The number of phenols is 1. The predicted molar refractivity (Wildman–Crippen MR) is 114 cm³/mol. The summed E-state index contributed by atoms with van der Waals surface area (Å²) in [5.74, 6) is -1.05. The molecule has 0 saturated carbocycles. The zero-order valence-electron chi connectivity index (χ0n) is 16.7. The van der Waals surface area contributed by atoms with Crippen LogP contribution in [-0.4, -0.2) is 30.1 Å². The molecule has 7 heteroatoms. The molecule has 3 aromatic rings. The lowest BCUT2D eigenvalue weighted by Crippen LogP contribution is -2.37. The normalized spacial score (nSPS) is 22.7. The van der Waals surface area contributed by atoms with E-state index in [1.54, 1.807) is 53.6 Å². The first-order valence-corrected chi connectivity index (χ1v) is 9.91. The standard InChI is InChI=1S/C24H20N2O5/c1-30-17-11-7-10-16(14-17)25-23(28)20-21(18-12-5-6-13-19(18)27)26(31-22(20)24(25)29)15-8-3-2-4-9-15/h2-14,20-22,27H,1H3/t20-,21+,22-/m1/s1. The number of ether oxygens (including phenoxy) is 1. The number of amides is 2. The van der Waals surface area contributed by atoms with E-state index in [2.05, 4.69) is 0 Å². The van der Waals surface area contributed by atoms with Crippen molar-refractivity contribution < 1.29 is 24.3 Å². The van der Waals surface area contributed by atoms with Crippen LogP contribution in [0.4, 0.5) is 11.4 Å². The fourth-order valence-electron chi connectivity index (χ4n) is 4.27. The number of anilines is 2. The van der Waals surface area contributed by atoms with Gasteiger partial charge in [-0.25, -0.2) is 9.96 Å². The van der Waals surface area contributed by atoms with Crippen LogP contribution in [-0.2, 0) is 14.4 Å². The van der Waals surface area contributed by atoms with Crippen LogP contribution in [0.15, 0.2) is 78.9 Å². The number of phenolic OH excluding ortho intramolecular Hbond substituents is 1. The first kappa shape index (κ1) is 19.1. The van der Waals surface area contributed by atoms with Crippen LogP contribution in [0.5, 0.6) is 11.5 Å². The Labute approximate surface area is 179 Å². The molecule has 0 aromatic heterocycles. The minimum Gasteiger partial charge on any atom is -0.508 e. The molecule has 5 rings (SSSR count). The molecule has 2 aliphatic heterocycles. The fourth-order valence-corrected chi connectivity index (χ4v) is 4.27. The summed E-state index contributed by atoms with van der Waals surface area (Å²) in [4.78, 5) is 34.0. The Bertz CT molecular complexity index is 1150. The van der Waals surface area contributed by atoms with E-state index in [-0.39, 0.29) is 11.7 Å². The van der Waals surface area contributed by atoms with Crippen molar-refractivity contribution >= 4 is 23.2 Å². The van der Waals surface area contributed by atoms with Crippen LogP contribution in [0.2, 0.25) is 0 Å². The molecule has 0 unspecified atom stereocenters. The molecule has 0 radical (unpaired) electrons. The van der Waals surface area contributed by atoms with Gasteiger partial charge in [-0.15, -0.1) is 0 Å². The number of fused-ring (bicyclic) bond motifs is 1. The maximum Gasteiger partial charge on any atom is 0.266 e. The van der Waals surface area contributed by atoms with Crippen LogP contribution >= 0.6 is 0 Å². The summed E-state index contributed by atoms with van der Waals surface area (Å²) in [6.45, 7) is 0. The Balaban J connectivity index is 1.60. The number of methoxy groups -OCH3 is 1. The Morgan fingerprint density at radius 3 is 2.32 bits per heavy atom. The second-order valence-corrected chi connectivity index (χ2v) is 7.43. The topological polar surface area (TPSA) is 79.3 Å². The number of aromatic hydroxyl groups is 1. The number of hydroxylamine groups is 1. The minimum atomic E-state index is -0.997. The third kappa shape index (κ3) is 3.02. The van der Waals surface area contributed by atoms with E-state index >= 15 is 0 Å². The summed E-state index contributed by atoms with van der Waals surface area (Å²) in [6.07, 6.45) is -0.997. The van der Waals surface area contributed by atoms with E-state index in [1.807, 2.05) is 30.3 Å². The SMILES string of the molecule is COc1cccc(N2C(=O)[C@H]3[C@@H](ON(c4ccccc4)[C@H]3c3ccccc3O)C2=O)c1. The number of hydrogen-bond donors (Lipinski definition) is 1. The smallest absolute Gasteiger partial charge is 0.266 e. The number of nitrogens with zero attached hydrogens (tertiary/aromatic N) is 2. The summed E-state index contributed by atoms with van der Waals surface area (Å²) >= 11 is 0. The average molecular weight is 416 g/mol. The molecule has 7 nitrogen and oxygen atoms in total. The lowest BCUT2D eigenvalue weighted by Gasteiger charge is -2.29. The van der Waals surface area contributed by atoms with Gasteiger partial charge >= 0.3 is 0 Å². The predicted octanol–water partition coefficient (Wildman–Crippen LogP) is 3.45. The lowest BCUT2D eigenvalue weighted by molar-refractivity contribution is -0.126. The highest BCUT2D eigenvalue weighted by atomic mass is 16.7. The molecular formula is C24H20N2O5. The van der Waals surface area contributed by atoms with Gasteiger partial charge in [-0.1, -0.05) is 42.5 Å². The molecule has 156 valence electrons. The molecule has 2 saturated heterocycles. The van der Waals surface area contributed by atoms with Crippen molar-refractivity contribution in [2.75, 3.05) is 17.1 Å². The van der Waals surface area contributed by atoms with Gasteiger partial charge in [-0.2, -0.15) is 0 Å². The molecular weight excluding hydrogens is 396 g/mol. The minimum absolute atomic E-state index is 0.0396. The van der Waals surface area contributed by atoms with Gasteiger partial charge in [-0.05, 0) is 30.3 Å². The molecule has 2 amide bonds. The third-order valence-corrected chi connectivity index (χ3v) is 5.69. The Morgan fingerprint density at radius 1 is 0.871 bits per heavy atom.